The average molecular weight is 269 g/mol. The normalized spacial score (nSPS) is 10.9. The molecule has 0 saturated heterocycles. The van der Waals surface area contributed by atoms with Crippen molar-refractivity contribution in [3.63, 3.8) is 0 Å². The molecule has 1 N–H and O–H groups in total. The Bertz CT molecular complexity index is 909. The fourth-order valence-corrected chi connectivity index (χ4v) is 1.82. The van der Waals surface area contributed by atoms with E-state index in [4.69, 9.17) is 0 Å². The molecule has 0 unspecified atom stereocenters. The topological polar surface area (TPSA) is 93.5 Å². The van der Waals surface area contributed by atoms with Crippen molar-refractivity contribution in [2.75, 3.05) is 0 Å². The molecule has 0 spiro atoms. The van der Waals surface area contributed by atoms with Crippen molar-refractivity contribution < 1.29 is 0 Å². The number of aromatic nitrogens is 5. The molecule has 20 heavy (non-hydrogen) atoms. The molecule has 0 fully saturated rings. The van der Waals surface area contributed by atoms with E-state index in [1.807, 2.05) is 31.2 Å². The molecule has 0 bridgehead atoms. The Morgan fingerprint density at radius 2 is 1.80 bits per heavy atom. The monoisotopic (exact) mass is 269 g/mol. The summed E-state index contributed by atoms with van der Waals surface area (Å²) in [5.41, 5.74) is 1.03. The fraction of sp³-hybridized carbons (Fsp3) is 0.154. The molecule has 2 aromatic heterocycles. The molecule has 0 aliphatic rings. The first-order valence-corrected chi connectivity index (χ1v) is 5.97. The molecule has 3 aromatic rings. The number of benzene rings is 1. The van der Waals surface area contributed by atoms with Crippen LogP contribution in [0.5, 0.6) is 0 Å². The zero-order valence-electron chi connectivity index (χ0n) is 10.9. The van der Waals surface area contributed by atoms with Crippen LogP contribution >= 0.6 is 0 Å². The number of hydrogen-bond donors (Lipinski definition) is 1. The second-order valence-electron chi connectivity index (χ2n) is 4.49. The number of rotatable bonds is 1. The van der Waals surface area contributed by atoms with Crippen molar-refractivity contribution in [3.8, 4) is 11.4 Å². The highest BCUT2D eigenvalue weighted by Gasteiger charge is 2.10. The van der Waals surface area contributed by atoms with Gasteiger partial charge in [-0.05, 0) is 6.92 Å². The lowest BCUT2D eigenvalue weighted by atomic mass is 10.1. The van der Waals surface area contributed by atoms with Crippen LogP contribution in [0.2, 0.25) is 0 Å². The first kappa shape index (κ1) is 12.2. The van der Waals surface area contributed by atoms with Crippen LogP contribution in [0.15, 0.2) is 33.9 Å². The lowest BCUT2D eigenvalue weighted by Gasteiger charge is -2.02. The van der Waals surface area contributed by atoms with Gasteiger partial charge < -0.3 is 0 Å². The van der Waals surface area contributed by atoms with E-state index in [1.54, 1.807) is 0 Å². The van der Waals surface area contributed by atoms with Gasteiger partial charge in [0, 0.05) is 12.6 Å². The quantitative estimate of drug-likeness (QED) is 0.689. The standard InChI is InChI=1S/C13H11N5O2/c1-7-3-5-8(6-4-7)10-14-9-11(17-16-10)15-13(20)18(2)12(9)19/h3-6H,1-2H3,(H,15,17,20). The van der Waals surface area contributed by atoms with E-state index in [2.05, 4.69) is 20.2 Å². The number of hydrogen-bond acceptors (Lipinski definition) is 5. The third-order valence-corrected chi connectivity index (χ3v) is 3.03. The highest BCUT2D eigenvalue weighted by atomic mass is 16.2. The summed E-state index contributed by atoms with van der Waals surface area (Å²) in [4.78, 5) is 30.1. The van der Waals surface area contributed by atoms with Crippen molar-refractivity contribution in [2.45, 2.75) is 6.92 Å². The Balaban J connectivity index is 2.28. The predicted octanol–water partition coefficient (Wildman–Crippen LogP) is 0.387. The summed E-state index contributed by atoms with van der Waals surface area (Å²) in [5, 5.41) is 7.80. The van der Waals surface area contributed by atoms with E-state index in [1.165, 1.54) is 7.05 Å². The van der Waals surface area contributed by atoms with E-state index >= 15 is 0 Å². The molecule has 7 heteroatoms. The number of aromatic amines is 1. The summed E-state index contributed by atoms with van der Waals surface area (Å²) in [7, 11) is 1.38. The van der Waals surface area contributed by atoms with Crippen LogP contribution in [0, 0.1) is 6.92 Å². The van der Waals surface area contributed by atoms with E-state index in [0.29, 0.717) is 5.82 Å². The molecule has 1 aromatic carbocycles. The van der Waals surface area contributed by atoms with E-state index < -0.39 is 11.2 Å². The zero-order valence-corrected chi connectivity index (χ0v) is 10.9. The minimum absolute atomic E-state index is 0.0916. The largest absolute Gasteiger partial charge is 0.329 e. The Kier molecular flexibility index (Phi) is 2.67. The molecule has 3 rings (SSSR count). The molecule has 2 heterocycles. The SMILES string of the molecule is Cc1ccc(-c2nnc3[nH]c(=O)n(C)c(=O)c3n2)cc1. The minimum atomic E-state index is -0.540. The van der Waals surface area contributed by atoms with Crippen molar-refractivity contribution in [2.24, 2.45) is 7.05 Å². The highest BCUT2D eigenvalue weighted by molar-refractivity contribution is 5.70. The smallest absolute Gasteiger partial charge is 0.288 e. The van der Waals surface area contributed by atoms with Crippen LogP contribution in [0.25, 0.3) is 22.6 Å². The van der Waals surface area contributed by atoms with Gasteiger partial charge in [-0.3, -0.25) is 14.3 Å². The fourth-order valence-electron chi connectivity index (χ4n) is 1.82. The predicted molar refractivity (Wildman–Crippen MR) is 73.4 cm³/mol. The zero-order chi connectivity index (χ0) is 14.3. The van der Waals surface area contributed by atoms with Crippen LogP contribution in [-0.2, 0) is 7.05 Å². The third kappa shape index (κ3) is 1.89. The van der Waals surface area contributed by atoms with Crippen LogP contribution < -0.4 is 11.2 Å². The Morgan fingerprint density at radius 3 is 2.50 bits per heavy atom. The number of nitrogens with zero attached hydrogens (tertiary/aromatic N) is 4. The third-order valence-electron chi connectivity index (χ3n) is 3.03. The van der Waals surface area contributed by atoms with E-state index in [0.717, 1.165) is 15.7 Å². The second-order valence-corrected chi connectivity index (χ2v) is 4.49. The summed E-state index contributed by atoms with van der Waals surface area (Å²) in [6.07, 6.45) is 0. The van der Waals surface area contributed by atoms with Crippen molar-refractivity contribution in [1.29, 1.82) is 0 Å². The molecule has 100 valence electrons. The lowest BCUT2D eigenvalue weighted by Crippen LogP contribution is -2.33. The van der Waals surface area contributed by atoms with Crippen molar-refractivity contribution in [3.05, 3.63) is 50.7 Å². The van der Waals surface area contributed by atoms with Gasteiger partial charge in [0.05, 0.1) is 0 Å². The Labute approximate surface area is 112 Å². The number of fused-ring (bicyclic) bond motifs is 1. The van der Waals surface area contributed by atoms with Gasteiger partial charge >= 0.3 is 5.69 Å². The number of H-pyrrole nitrogens is 1. The first-order chi connectivity index (χ1) is 9.56. The number of nitrogens with one attached hydrogen (secondary N) is 1. The van der Waals surface area contributed by atoms with Crippen LogP contribution in [0.4, 0.5) is 0 Å². The Morgan fingerprint density at radius 1 is 1.10 bits per heavy atom. The highest BCUT2D eigenvalue weighted by Crippen LogP contribution is 2.15. The molecule has 0 aliphatic heterocycles. The number of aryl methyl sites for hydroxylation is 1. The molecule has 0 saturated carbocycles. The molecule has 7 nitrogen and oxygen atoms in total. The molecule has 0 radical (unpaired) electrons. The maximum absolute atomic E-state index is 12.0. The summed E-state index contributed by atoms with van der Waals surface area (Å²) >= 11 is 0. The molecular formula is C13H11N5O2. The van der Waals surface area contributed by atoms with Gasteiger partial charge in [-0.15, -0.1) is 10.2 Å². The van der Waals surface area contributed by atoms with E-state index in [9.17, 15) is 9.59 Å². The van der Waals surface area contributed by atoms with Gasteiger partial charge in [0.2, 0.25) is 0 Å². The van der Waals surface area contributed by atoms with Crippen LogP contribution in [0.3, 0.4) is 0 Å². The van der Waals surface area contributed by atoms with Crippen molar-refractivity contribution >= 4 is 11.2 Å². The van der Waals surface area contributed by atoms with Gasteiger partial charge in [0.25, 0.3) is 5.56 Å². The van der Waals surface area contributed by atoms with E-state index in [-0.39, 0.29) is 11.2 Å². The van der Waals surface area contributed by atoms with Crippen LogP contribution in [-0.4, -0.2) is 24.7 Å². The van der Waals surface area contributed by atoms with Crippen LogP contribution in [0.1, 0.15) is 5.56 Å². The van der Waals surface area contributed by atoms with Gasteiger partial charge in [0.15, 0.2) is 17.0 Å². The maximum atomic E-state index is 12.0. The summed E-state index contributed by atoms with van der Waals surface area (Å²) in [6.45, 7) is 1.98. The Hall–Kier alpha value is -2.83. The van der Waals surface area contributed by atoms with Gasteiger partial charge in [-0.25, -0.2) is 9.78 Å². The molecular weight excluding hydrogens is 258 g/mol. The van der Waals surface area contributed by atoms with Gasteiger partial charge in [-0.1, -0.05) is 29.8 Å². The lowest BCUT2D eigenvalue weighted by molar-refractivity contribution is 0.781. The van der Waals surface area contributed by atoms with Crippen molar-refractivity contribution in [1.82, 2.24) is 24.7 Å². The molecule has 0 aliphatic carbocycles. The summed E-state index contributed by atoms with van der Waals surface area (Å²) in [5.74, 6) is 0.349. The summed E-state index contributed by atoms with van der Waals surface area (Å²) < 4.78 is 0.954. The molecule has 0 amide bonds. The average Bonchev–Trinajstić information content (AvgIpc) is 2.46. The minimum Gasteiger partial charge on any atom is -0.288 e. The molecule has 0 atom stereocenters. The summed E-state index contributed by atoms with van der Waals surface area (Å²) in [6, 6.07) is 7.56. The van der Waals surface area contributed by atoms with Gasteiger partial charge in [0.1, 0.15) is 0 Å². The second kappa shape index (κ2) is 4.37. The first-order valence-electron chi connectivity index (χ1n) is 5.97. The maximum Gasteiger partial charge on any atom is 0.329 e. The van der Waals surface area contributed by atoms with Gasteiger partial charge in [-0.2, -0.15) is 0 Å².